The molecule has 23 heavy (non-hydrogen) atoms. The molecule has 0 heterocycles. The number of anilines is 1. The highest BCUT2D eigenvalue weighted by molar-refractivity contribution is 7.89. The van der Waals surface area contributed by atoms with Gasteiger partial charge in [0, 0.05) is 5.69 Å². The van der Waals surface area contributed by atoms with Crippen molar-refractivity contribution >= 4 is 27.6 Å². The molecule has 1 aliphatic carbocycles. The zero-order valence-corrected chi connectivity index (χ0v) is 13.6. The number of hydrogen-bond acceptors (Lipinski definition) is 4. The van der Waals surface area contributed by atoms with Crippen molar-refractivity contribution in [2.75, 3.05) is 11.1 Å². The van der Waals surface area contributed by atoms with Gasteiger partial charge in [-0.3, -0.25) is 4.79 Å². The van der Waals surface area contributed by atoms with E-state index < -0.39 is 21.4 Å². The summed E-state index contributed by atoms with van der Waals surface area (Å²) in [5.41, 5.74) is 0.374. The predicted octanol–water partition coefficient (Wildman–Crippen LogP) is 1.48. The quantitative estimate of drug-likeness (QED) is 0.723. The number of aryl methyl sites for hydroxylation is 1. The first-order chi connectivity index (χ1) is 10.6. The van der Waals surface area contributed by atoms with Gasteiger partial charge in [0.25, 0.3) is 0 Å². The Morgan fingerprint density at radius 1 is 1.35 bits per heavy atom. The molecule has 8 heteroatoms. The SMILES string of the molecule is Cc1ccc(NC(=O)C2(CCS(N)(=O)=O)CCC2)cc1C(=O)O. The maximum absolute atomic E-state index is 12.5. The molecule has 1 aliphatic rings. The average molecular weight is 340 g/mol. The van der Waals surface area contributed by atoms with E-state index in [9.17, 15) is 18.0 Å². The molecule has 0 saturated heterocycles. The van der Waals surface area contributed by atoms with E-state index in [-0.39, 0.29) is 23.6 Å². The van der Waals surface area contributed by atoms with Gasteiger partial charge in [0.2, 0.25) is 15.9 Å². The fraction of sp³-hybridized carbons (Fsp3) is 0.467. The van der Waals surface area contributed by atoms with Gasteiger partial charge in [0.15, 0.2) is 0 Å². The third kappa shape index (κ3) is 4.08. The molecule has 1 amide bonds. The highest BCUT2D eigenvalue weighted by atomic mass is 32.2. The number of hydrogen-bond donors (Lipinski definition) is 3. The molecule has 0 aliphatic heterocycles. The van der Waals surface area contributed by atoms with Crippen molar-refractivity contribution in [2.45, 2.75) is 32.6 Å². The van der Waals surface area contributed by atoms with E-state index in [1.165, 1.54) is 6.07 Å². The van der Waals surface area contributed by atoms with Crippen LogP contribution in [0.1, 0.15) is 41.6 Å². The van der Waals surface area contributed by atoms with Crippen LogP contribution in [0.25, 0.3) is 0 Å². The van der Waals surface area contributed by atoms with E-state index in [0.717, 1.165) is 6.42 Å². The number of primary sulfonamides is 1. The lowest BCUT2D eigenvalue weighted by Gasteiger charge is -2.40. The molecule has 0 unspecified atom stereocenters. The van der Waals surface area contributed by atoms with Gasteiger partial charge in [-0.2, -0.15) is 0 Å². The third-order valence-electron chi connectivity index (χ3n) is 4.38. The zero-order chi connectivity index (χ0) is 17.3. The molecule has 0 atom stereocenters. The lowest BCUT2D eigenvalue weighted by molar-refractivity contribution is -0.130. The first kappa shape index (κ1) is 17.4. The van der Waals surface area contributed by atoms with Gasteiger partial charge in [-0.1, -0.05) is 12.5 Å². The summed E-state index contributed by atoms with van der Waals surface area (Å²) in [5.74, 6) is -1.59. The smallest absolute Gasteiger partial charge is 0.336 e. The minimum Gasteiger partial charge on any atom is -0.478 e. The first-order valence-electron chi connectivity index (χ1n) is 7.29. The van der Waals surface area contributed by atoms with E-state index >= 15 is 0 Å². The van der Waals surface area contributed by atoms with Gasteiger partial charge in [-0.05, 0) is 43.9 Å². The number of nitrogens with two attached hydrogens (primary N) is 1. The number of carbonyl (C=O) groups is 2. The lowest BCUT2D eigenvalue weighted by atomic mass is 9.66. The molecule has 0 radical (unpaired) electrons. The van der Waals surface area contributed by atoms with Gasteiger partial charge in [-0.15, -0.1) is 0 Å². The monoisotopic (exact) mass is 340 g/mol. The number of nitrogens with one attached hydrogen (secondary N) is 1. The molecule has 0 bridgehead atoms. The van der Waals surface area contributed by atoms with Gasteiger partial charge in [0.1, 0.15) is 0 Å². The number of carboxylic acid groups (broad SMARTS) is 1. The molecule has 4 N–H and O–H groups in total. The largest absolute Gasteiger partial charge is 0.478 e. The Balaban J connectivity index is 2.14. The van der Waals surface area contributed by atoms with Gasteiger partial charge >= 0.3 is 5.97 Å². The van der Waals surface area contributed by atoms with Crippen molar-refractivity contribution in [1.82, 2.24) is 0 Å². The molecular weight excluding hydrogens is 320 g/mol. The maximum atomic E-state index is 12.5. The molecule has 0 aromatic heterocycles. The molecule has 1 fully saturated rings. The number of carbonyl (C=O) groups excluding carboxylic acids is 1. The Labute approximate surface area is 134 Å². The Kier molecular flexibility index (Phi) is 4.76. The van der Waals surface area contributed by atoms with Crippen LogP contribution in [-0.2, 0) is 14.8 Å². The van der Waals surface area contributed by atoms with E-state index in [1.54, 1.807) is 19.1 Å². The summed E-state index contributed by atoms with van der Waals surface area (Å²) in [7, 11) is -3.62. The zero-order valence-electron chi connectivity index (χ0n) is 12.8. The Hall–Kier alpha value is -1.93. The Bertz CT molecular complexity index is 738. The van der Waals surface area contributed by atoms with Crippen LogP contribution in [0.15, 0.2) is 18.2 Å². The van der Waals surface area contributed by atoms with Crippen molar-refractivity contribution in [3.63, 3.8) is 0 Å². The predicted molar refractivity (Wildman–Crippen MR) is 85.6 cm³/mol. The van der Waals surface area contributed by atoms with E-state index in [2.05, 4.69) is 5.32 Å². The molecule has 2 rings (SSSR count). The summed E-state index contributed by atoms with van der Waals surface area (Å²) < 4.78 is 22.3. The number of amides is 1. The van der Waals surface area contributed by atoms with Crippen molar-refractivity contribution < 1.29 is 23.1 Å². The molecule has 1 saturated carbocycles. The molecule has 126 valence electrons. The number of sulfonamides is 1. The number of benzene rings is 1. The highest BCUT2D eigenvalue weighted by Crippen LogP contribution is 2.45. The van der Waals surface area contributed by atoms with Gasteiger partial charge < -0.3 is 10.4 Å². The number of rotatable bonds is 6. The number of carboxylic acids is 1. The van der Waals surface area contributed by atoms with Crippen molar-refractivity contribution in [3.8, 4) is 0 Å². The first-order valence-corrected chi connectivity index (χ1v) is 9.00. The highest BCUT2D eigenvalue weighted by Gasteiger charge is 2.44. The summed E-state index contributed by atoms with van der Waals surface area (Å²) in [5, 5.41) is 16.8. The molecule has 1 aromatic carbocycles. The summed E-state index contributed by atoms with van der Waals surface area (Å²) in [6, 6.07) is 4.66. The minimum absolute atomic E-state index is 0.120. The van der Waals surface area contributed by atoms with Crippen LogP contribution >= 0.6 is 0 Å². The van der Waals surface area contributed by atoms with Gasteiger partial charge in [-0.25, -0.2) is 18.4 Å². The van der Waals surface area contributed by atoms with Crippen molar-refractivity contribution in [3.05, 3.63) is 29.3 Å². The van der Waals surface area contributed by atoms with Crippen LogP contribution in [0.5, 0.6) is 0 Å². The Morgan fingerprint density at radius 2 is 2.00 bits per heavy atom. The summed E-state index contributed by atoms with van der Waals surface area (Å²) >= 11 is 0. The van der Waals surface area contributed by atoms with Crippen LogP contribution in [-0.4, -0.2) is 31.2 Å². The maximum Gasteiger partial charge on any atom is 0.336 e. The van der Waals surface area contributed by atoms with Crippen molar-refractivity contribution in [1.29, 1.82) is 0 Å². The second kappa shape index (κ2) is 6.29. The van der Waals surface area contributed by atoms with E-state index in [0.29, 0.717) is 24.1 Å². The summed E-state index contributed by atoms with van der Waals surface area (Å²) in [6.07, 6.45) is 2.24. The second-order valence-electron chi connectivity index (χ2n) is 6.04. The van der Waals surface area contributed by atoms with Gasteiger partial charge in [0.05, 0.1) is 16.7 Å². The fourth-order valence-electron chi connectivity index (χ4n) is 2.73. The summed E-state index contributed by atoms with van der Waals surface area (Å²) in [6.45, 7) is 1.68. The van der Waals surface area contributed by atoms with Crippen LogP contribution in [0, 0.1) is 12.3 Å². The second-order valence-corrected chi connectivity index (χ2v) is 7.77. The summed E-state index contributed by atoms with van der Waals surface area (Å²) in [4.78, 5) is 23.6. The third-order valence-corrected chi connectivity index (χ3v) is 5.16. The van der Waals surface area contributed by atoms with E-state index in [4.69, 9.17) is 10.2 Å². The van der Waals surface area contributed by atoms with Crippen LogP contribution in [0.2, 0.25) is 0 Å². The lowest BCUT2D eigenvalue weighted by Crippen LogP contribution is -2.43. The topological polar surface area (TPSA) is 127 Å². The molecule has 0 spiro atoms. The normalized spacial score (nSPS) is 16.4. The molecule has 1 aromatic rings. The number of aromatic carboxylic acids is 1. The van der Waals surface area contributed by atoms with Crippen molar-refractivity contribution in [2.24, 2.45) is 10.6 Å². The minimum atomic E-state index is -3.62. The van der Waals surface area contributed by atoms with Crippen LogP contribution in [0.4, 0.5) is 5.69 Å². The average Bonchev–Trinajstić information content (AvgIpc) is 2.38. The molecular formula is C15H20N2O5S. The van der Waals surface area contributed by atoms with E-state index in [1.807, 2.05) is 0 Å². The van der Waals surface area contributed by atoms with Crippen LogP contribution < -0.4 is 10.5 Å². The fourth-order valence-corrected chi connectivity index (χ4v) is 3.40. The van der Waals surface area contributed by atoms with Crippen LogP contribution in [0.3, 0.4) is 0 Å². The Morgan fingerprint density at radius 3 is 2.48 bits per heavy atom. The molecule has 7 nitrogen and oxygen atoms in total. The standard InChI is InChI=1S/C15H20N2O5S/c1-10-3-4-11(9-12(10)13(18)19)17-14(20)15(5-2-6-15)7-8-23(16,21)22/h3-4,9H,2,5-8H2,1H3,(H,17,20)(H,18,19)(H2,16,21,22).